The number of nitrogens with one attached hydrogen (secondary N) is 2. The Balaban J connectivity index is 1.59. The van der Waals surface area contributed by atoms with Crippen molar-refractivity contribution >= 4 is 27.6 Å². The minimum Gasteiger partial charge on any atom is -0.484 e. The number of carbonyl (C=O) groups excluding carboxylic acids is 1. The monoisotopic (exact) mass is 437 g/mol. The molecule has 3 rings (SSSR count). The number of aromatic nitrogens is 2. The molecule has 1 heterocycles. The molecule has 10 heteroatoms. The number of carbonyl (C=O) groups is 1. The van der Waals surface area contributed by atoms with Gasteiger partial charge in [-0.1, -0.05) is 0 Å². The summed E-state index contributed by atoms with van der Waals surface area (Å²) in [7, 11) is -3.88. The van der Waals surface area contributed by atoms with E-state index in [4.69, 9.17) is 10.00 Å². The van der Waals surface area contributed by atoms with Crippen molar-refractivity contribution in [3.63, 3.8) is 0 Å². The lowest BCUT2D eigenvalue weighted by molar-refractivity contribution is -0.118. The normalized spacial score (nSPS) is 10.7. The van der Waals surface area contributed by atoms with Crippen molar-refractivity contribution in [1.82, 2.24) is 9.97 Å². The first-order valence-corrected chi connectivity index (χ1v) is 10.6. The van der Waals surface area contributed by atoms with E-state index in [0.29, 0.717) is 28.4 Å². The van der Waals surface area contributed by atoms with Crippen molar-refractivity contribution in [2.75, 3.05) is 16.6 Å². The first-order chi connectivity index (χ1) is 14.7. The maximum absolute atomic E-state index is 12.5. The van der Waals surface area contributed by atoms with Gasteiger partial charge in [0.1, 0.15) is 5.75 Å². The summed E-state index contributed by atoms with van der Waals surface area (Å²) in [6, 6.07) is 15.8. The Labute approximate surface area is 179 Å². The van der Waals surface area contributed by atoms with Gasteiger partial charge < -0.3 is 10.1 Å². The van der Waals surface area contributed by atoms with Gasteiger partial charge in [0, 0.05) is 17.1 Å². The number of aryl methyl sites for hydroxylation is 2. The van der Waals surface area contributed by atoms with Crippen LogP contribution in [-0.4, -0.2) is 30.9 Å². The molecule has 0 unspecified atom stereocenters. The smallest absolute Gasteiger partial charge is 0.264 e. The Morgan fingerprint density at radius 3 is 2.23 bits per heavy atom. The van der Waals surface area contributed by atoms with Crippen LogP contribution in [-0.2, 0) is 14.8 Å². The van der Waals surface area contributed by atoms with E-state index in [-0.39, 0.29) is 17.5 Å². The summed E-state index contributed by atoms with van der Waals surface area (Å²) in [5, 5.41) is 11.4. The van der Waals surface area contributed by atoms with Gasteiger partial charge in [-0.3, -0.25) is 4.79 Å². The average Bonchev–Trinajstić information content (AvgIpc) is 2.72. The third kappa shape index (κ3) is 6.01. The highest BCUT2D eigenvalue weighted by Crippen LogP contribution is 2.17. The van der Waals surface area contributed by atoms with E-state index < -0.39 is 15.9 Å². The van der Waals surface area contributed by atoms with Gasteiger partial charge in [-0.25, -0.2) is 23.1 Å². The van der Waals surface area contributed by atoms with E-state index in [1.807, 2.05) is 6.07 Å². The van der Waals surface area contributed by atoms with Crippen LogP contribution >= 0.6 is 0 Å². The molecule has 2 N–H and O–H groups in total. The number of hydrogen-bond donors (Lipinski definition) is 2. The zero-order chi connectivity index (χ0) is 22.4. The minimum atomic E-state index is -3.88. The number of hydrogen-bond acceptors (Lipinski definition) is 7. The molecule has 0 bridgehead atoms. The second kappa shape index (κ2) is 9.23. The lowest BCUT2D eigenvalue weighted by Crippen LogP contribution is -2.20. The van der Waals surface area contributed by atoms with Crippen LogP contribution in [0.15, 0.2) is 59.5 Å². The highest BCUT2D eigenvalue weighted by Gasteiger charge is 2.16. The van der Waals surface area contributed by atoms with Crippen molar-refractivity contribution < 1.29 is 17.9 Å². The molecule has 1 amide bonds. The quantitative estimate of drug-likeness (QED) is 0.580. The summed E-state index contributed by atoms with van der Waals surface area (Å²) in [6.45, 7) is 3.25. The lowest BCUT2D eigenvalue weighted by Gasteiger charge is -2.10. The van der Waals surface area contributed by atoms with Crippen molar-refractivity contribution in [3.8, 4) is 11.8 Å². The Hall–Kier alpha value is -3.97. The average molecular weight is 437 g/mol. The maximum atomic E-state index is 12.5. The maximum Gasteiger partial charge on any atom is 0.264 e. The van der Waals surface area contributed by atoms with Gasteiger partial charge in [0.2, 0.25) is 5.95 Å². The molecular weight excluding hydrogens is 418 g/mol. The fourth-order valence-corrected chi connectivity index (χ4v) is 3.58. The summed E-state index contributed by atoms with van der Waals surface area (Å²) in [4.78, 5) is 20.2. The van der Waals surface area contributed by atoms with Crippen LogP contribution in [0.3, 0.4) is 0 Å². The third-order valence-electron chi connectivity index (χ3n) is 4.01. The summed E-state index contributed by atoms with van der Waals surface area (Å²) in [5.74, 6) is 0.0341. The lowest BCUT2D eigenvalue weighted by atomic mass is 10.2. The summed E-state index contributed by atoms with van der Waals surface area (Å²) in [5.41, 5.74) is 2.19. The van der Waals surface area contributed by atoms with Crippen LogP contribution in [0.1, 0.15) is 17.0 Å². The Morgan fingerprint density at radius 1 is 1.03 bits per heavy atom. The van der Waals surface area contributed by atoms with E-state index in [1.165, 1.54) is 24.3 Å². The summed E-state index contributed by atoms with van der Waals surface area (Å²) in [6.07, 6.45) is 0. The largest absolute Gasteiger partial charge is 0.484 e. The molecule has 0 saturated carbocycles. The zero-order valence-electron chi connectivity index (χ0n) is 16.8. The van der Waals surface area contributed by atoms with Crippen LogP contribution in [0.2, 0.25) is 0 Å². The molecular formula is C21H19N5O4S. The first-order valence-electron chi connectivity index (χ1n) is 9.13. The van der Waals surface area contributed by atoms with Crippen LogP contribution in [0.4, 0.5) is 11.6 Å². The molecule has 3 aromatic rings. The van der Waals surface area contributed by atoms with Crippen molar-refractivity contribution in [3.05, 3.63) is 71.5 Å². The second-order valence-electron chi connectivity index (χ2n) is 6.58. The van der Waals surface area contributed by atoms with Gasteiger partial charge in [-0.15, -0.1) is 0 Å². The number of amides is 1. The Morgan fingerprint density at radius 2 is 1.65 bits per heavy atom. The van der Waals surface area contributed by atoms with Gasteiger partial charge in [-0.05, 0) is 68.4 Å². The van der Waals surface area contributed by atoms with Crippen molar-refractivity contribution in [2.45, 2.75) is 18.7 Å². The highest BCUT2D eigenvalue weighted by atomic mass is 32.2. The van der Waals surface area contributed by atoms with Crippen molar-refractivity contribution in [2.24, 2.45) is 0 Å². The zero-order valence-corrected chi connectivity index (χ0v) is 17.6. The number of sulfonamides is 1. The van der Waals surface area contributed by atoms with Gasteiger partial charge in [0.05, 0.1) is 16.5 Å². The minimum absolute atomic E-state index is 0.00194. The predicted molar refractivity (Wildman–Crippen MR) is 114 cm³/mol. The van der Waals surface area contributed by atoms with E-state index in [0.717, 1.165) is 0 Å². The molecule has 0 atom stereocenters. The van der Waals surface area contributed by atoms with E-state index in [2.05, 4.69) is 20.0 Å². The predicted octanol–water partition coefficient (Wildman–Crippen LogP) is 2.78. The molecule has 0 saturated heterocycles. The number of anilines is 2. The van der Waals surface area contributed by atoms with Gasteiger partial charge in [-0.2, -0.15) is 5.26 Å². The number of benzene rings is 2. The molecule has 9 nitrogen and oxygen atoms in total. The van der Waals surface area contributed by atoms with Crippen LogP contribution < -0.4 is 14.8 Å². The van der Waals surface area contributed by atoms with Gasteiger partial charge in [0.15, 0.2) is 6.61 Å². The molecule has 0 aliphatic heterocycles. The van der Waals surface area contributed by atoms with Crippen molar-refractivity contribution in [1.29, 1.82) is 5.26 Å². The molecule has 0 fully saturated rings. The SMILES string of the molecule is Cc1cc(C)nc(NS(=O)(=O)c2ccc(NC(=O)COc3ccc(C#N)cc3)cc2)n1. The summed E-state index contributed by atoms with van der Waals surface area (Å²) < 4.78 is 32.8. The van der Waals surface area contributed by atoms with Gasteiger partial charge >= 0.3 is 0 Å². The summed E-state index contributed by atoms with van der Waals surface area (Å²) >= 11 is 0. The standard InChI is InChI=1S/C21H19N5O4S/c1-14-11-15(2)24-21(23-14)26-31(28,29)19-9-5-17(6-10-19)25-20(27)13-30-18-7-3-16(12-22)4-8-18/h3-11H,13H2,1-2H3,(H,25,27)(H,23,24,26). The highest BCUT2D eigenvalue weighted by molar-refractivity contribution is 7.92. The van der Waals surface area contributed by atoms with E-state index in [9.17, 15) is 13.2 Å². The molecule has 158 valence electrons. The molecule has 2 aromatic carbocycles. The molecule has 31 heavy (non-hydrogen) atoms. The Bertz CT molecular complexity index is 1210. The molecule has 1 aromatic heterocycles. The van der Waals surface area contributed by atoms with E-state index >= 15 is 0 Å². The molecule has 0 spiro atoms. The number of rotatable bonds is 7. The fourth-order valence-electron chi connectivity index (χ4n) is 2.64. The topological polar surface area (TPSA) is 134 Å². The van der Waals surface area contributed by atoms with Crippen LogP contribution in [0, 0.1) is 25.2 Å². The molecule has 0 aliphatic rings. The first kappa shape index (κ1) is 21.7. The number of ether oxygens (including phenoxy) is 1. The number of nitriles is 1. The van der Waals surface area contributed by atoms with E-state index in [1.54, 1.807) is 44.2 Å². The number of nitrogens with zero attached hydrogens (tertiary/aromatic N) is 3. The van der Waals surface area contributed by atoms with Gasteiger partial charge in [0.25, 0.3) is 15.9 Å². The fraction of sp³-hybridized carbons (Fsp3) is 0.143. The molecule has 0 aliphatic carbocycles. The second-order valence-corrected chi connectivity index (χ2v) is 8.26. The van der Waals surface area contributed by atoms with Crippen LogP contribution in [0.25, 0.3) is 0 Å². The van der Waals surface area contributed by atoms with Crippen LogP contribution in [0.5, 0.6) is 5.75 Å². The molecule has 0 radical (unpaired) electrons. The third-order valence-corrected chi connectivity index (χ3v) is 5.35. The Kier molecular flexibility index (Phi) is 6.47.